The molecule has 1 aromatic carbocycles. The smallest absolute Gasteiger partial charge is 0.255 e. The monoisotopic (exact) mass is 353 g/mol. The average molecular weight is 353 g/mol. The van der Waals surface area contributed by atoms with Crippen LogP contribution in [0.25, 0.3) is 0 Å². The lowest BCUT2D eigenvalue weighted by Crippen LogP contribution is -2.20. The van der Waals surface area contributed by atoms with Crippen LogP contribution in [0.15, 0.2) is 64.4 Å². The van der Waals surface area contributed by atoms with Crippen LogP contribution in [0.1, 0.15) is 16.7 Å². The molecular formula is C19H19N3O2S. The minimum atomic E-state index is -0.207. The number of H-pyrrole nitrogens is 1. The van der Waals surface area contributed by atoms with E-state index in [2.05, 4.69) is 17.1 Å². The van der Waals surface area contributed by atoms with Gasteiger partial charge >= 0.3 is 0 Å². The fourth-order valence-electron chi connectivity index (χ4n) is 2.66. The second-order valence-electron chi connectivity index (χ2n) is 6.00. The third-order valence-electron chi connectivity index (χ3n) is 4.13. The van der Waals surface area contributed by atoms with Crippen molar-refractivity contribution in [3.05, 3.63) is 97.0 Å². The molecule has 0 aliphatic carbocycles. The molecule has 0 atom stereocenters. The number of rotatable bonds is 5. The third kappa shape index (κ3) is 4.22. The van der Waals surface area contributed by atoms with Crippen LogP contribution in [0.3, 0.4) is 0 Å². The summed E-state index contributed by atoms with van der Waals surface area (Å²) < 4.78 is 3.79. The van der Waals surface area contributed by atoms with E-state index in [1.807, 2.05) is 28.8 Å². The zero-order chi connectivity index (χ0) is 17.8. The second kappa shape index (κ2) is 7.44. The van der Waals surface area contributed by atoms with E-state index in [4.69, 9.17) is 12.2 Å². The summed E-state index contributed by atoms with van der Waals surface area (Å²) in [5, 5.41) is 0. The van der Waals surface area contributed by atoms with Gasteiger partial charge in [-0.05, 0) is 35.8 Å². The molecule has 0 fully saturated rings. The Labute approximate surface area is 150 Å². The Morgan fingerprint density at radius 1 is 1.08 bits per heavy atom. The molecular weight excluding hydrogens is 334 g/mol. The maximum atomic E-state index is 12.2. The molecule has 1 N–H and O–H groups in total. The Kier molecular flexibility index (Phi) is 5.09. The molecule has 3 aromatic rings. The van der Waals surface area contributed by atoms with Gasteiger partial charge in [0.15, 0.2) is 4.77 Å². The van der Waals surface area contributed by atoms with Crippen molar-refractivity contribution in [2.45, 2.75) is 19.4 Å². The quantitative estimate of drug-likeness (QED) is 0.717. The van der Waals surface area contributed by atoms with Crippen LogP contribution in [0.5, 0.6) is 0 Å². The van der Waals surface area contributed by atoms with Gasteiger partial charge in [-0.15, -0.1) is 0 Å². The molecule has 0 saturated heterocycles. The second-order valence-corrected chi connectivity index (χ2v) is 6.39. The van der Waals surface area contributed by atoms with Crippen molar-refractivity contribution in [2.24, 2.45) is 7.05 Å². The summed E-state index contributed by atoms with van der Waals surface area (Å²) in [5.74, 6) is 0. The Bertz CT molecular complexity index is 1050. The van der Waals surface area contributed by atoms with Crippen molar-refractivity contribution in [3.8, 4) is 0 Å². The number of pyridine rings is 1. The van der Waals surface area contributed by atoms with Crippen LogP contribution >= 0.6 is 12.2 Å². The van der Waals surface area contributed by atoms with Gasteiger partial charge in [-0.25, -0.2) is 0 Å². The molecule has 0 bridgehead atoms. The lowest BCUT2D eigenvalue weighted by atomic mass is 10.1. The first-order valence-electron chi connectivity index (χ1n) is 8.05. The number of aryl methyl sites for hydroxylation is 3. The van der Waals surface area contributed by atoms with Gasteiger partial charge in [0.2, 0.25) is 0 Å². The van der Waals surface area contributed by atoms with Crippen molar-refractivity contribution in [1.82, 2.24) is 14.1 Å². The summed E-state index contributed by atoms with van der Waals surface area (Å²) in [6, 6.07) is 13.5. The first kappa shape index (κ1) is 17.1. The molecule has 0 amide bonds. The highest BCUT2D eigenvalue weighted by molar-refractivity contribution is 7.71. The fourth-order valence-corrected chi connectivity index (χ4v) is 2.90. The van der Waals surface area contributed by atoms with E-state index >= 15 is 0 Å². The van der Waals surface area contributed by atoms with Gasteiger partial charge in [0.05, 0.1) is 0 Å². The summed E-state index contributed by atoms with van der Waals surface area (Å²) in [6.07, 6.45) is 4.72. The lowest BCUT2D eigenvalue weighted by Gasteiger charge is -2.10. The van der Waals surface area contributed by atoms with Crippen LogP contribution in [0, 0.1) is 4.77 Å². The number of aromatic nitrogens is 3. The highest BCUT2D eigenvalue weighted by atomic mass is 32.1. The minimum absolute atomic E-state index is 0.0919. The molecule has 2 heterocycles. The minimum Gasteiger partial charge on any atom is -0.325 e. The predicted octanol–water partition coefficient (Wildman–Crippen LogP) is 2.44. The number of hydrogen-bond acceptors (Lipinski definition) is 3. The van der Waals surface area contributed by atoms with Crippen molar-refractivity contribution in [1.29, 1.82) is 0 Å². The van der Waals surface area contributed by atoms with E-state index < -0.39 is 0 Å². The normalized spacial score (nSPS) is 10.8. The van der Waals surface area contributed by atoms with Crippen molar-refractivity contribution >= 4 is 12.2 Å². The van der Waals surface area contributed by atoms with Gasteiger partial charge in [0.25, 0.3) is 11.1 Å². The SMILES string of the molecule is Cn1ccc(Cc2cn(CCc3ccccc3)c(=S)[nH]c2=O)cc1=O. The molecule has 0 aliphatic rings. The molecule has 0 unspecified atom stereocenters. The van der Waals surface area contributed by atoms with E-state index in [0.717, 1.165) is 12.0 Å². The van der Waals surface area contributed by atoms with Crippen molar-refractivity contribution in [3.63, 3.8) is 0 Å². The van der Waals surface area contributed by atoms with Crippen LogP contribution in [0.2, 0.25) is 0 Å². The lowest BCUT2D eigenvalue weighted by molar-refractivity contribution is 0.655. The third-order valence-corrected chi connectivity index (χ3v) is 4.47. The number of benzene rings is 1. The van der Waals surface area contributed by atoms with Crippen molar-refractivity contribution in [2.75, 3.05) is 0 Å². The number of aromatic amines is 1. The van der Waals surface area contributed by atoms with Gasteiger partial charge in [-0.2, -0.15) is 0 Å². The van der Waals surface area contributed by atoms with Crippen LogP contribution in [-0.2, 0) is 26.4 Å². The predicted molar refractivity (Wildman–Crippen MR) is 101 cm³/mol. The molecule has 0 aliphatic heterocycles. The standard InChI is InChI=1S/C19H19N3O2S/c1-21-9-7-15(12-17(21)23)11-16-13-22(19(25)20-18(16)24)10-8-14-5-3-2-4-6-14/h2-7,9,12-13H,8,10-11H2,1H3,(H,20,24,25). The van der Waals surface area contributed by atoms with Crippen LogP contribution < -0.4 is 11.1 Å². The molecule has 128 valence electrons. The van der Waals surface area contributed by atoms with E-state index in [1.165, 1.54) is 10.1 Å². The van der Waals surface area contributed by atoms with Crippen molar-refractivity contribution < 1.29 is 0 Å². The fraction of sp³-hybridized carbons (Fsp3) is 0.211. The molecule has 0 radical (unpaired) electrons. The van der Waals surface area contributed by atoms with E-state index in [0.29, 0.717) is 23.3 Å². The number of hydrogen-bond donors (Lipinski definition) is 1. The first-order chi connectivity index (χ1) is 12.0. The Morgan fingerprint density at radius 2 is 1.84 bits per heavy atom. The average Bonchev–Trinajstić information content (AvgIpc) is 2.60. The Hall–Kier alpha value is -2.73. The maximum Gasteiger partial charge on any atom is 0.255 e. The Balaban J connectivity index is 1.85. The van der Waals surface area contributed by atoms with Gasteiger partial charge < -0.3 is 9.13 Å². The number of nitrogens with zero attached hydrogens (tertiary/aromatic N) is 2. The summed E-state index contributed by atoms with van der Waals surface area (Å²) in [7, 11) is 1.70. The first-order valence-corrected chi connectivity index (χ1v) is 8.46. The summed E-state index contributed by atoms with van der Waals surface area (Å²) in [6.45, 7) is 0.684. The van der Waals surface area contributed by atoms with Gasteiger partial charge in [-0.1, -0.05) is 30.3 Å². The van der Waals surface area contributed by atoms with Crippen LogP contribution in [0.4, 0.5) is 0 Å². The largest absolute Gasteiger partial charge is 0.325 e. The highest BCUT2D eigenvalue weighted by Crippen LogP contribution is 2.06. The van der Waals surface area contributed by atoms with Gasteiger partial charge in [-0.3, -0.25) is 14.6 Å². The summed E-state index contributed by atoms with van der Waals surface area (Å²) >= 11 is 5.27. The molecule has 3 rings (SSSR count). The molecule has 25 heavy (non-hydrogen) atoms. The zero-order valence-electron chi connectivity index (χ0n) is 13.9. The highest BCUT2D eigenvalue weighted by Gasteiger charge is 2.06. The zero-order valence-corrected chi connectivity index (χ0v) is 14.8. The molecule has 0 spiro atoms. The molecule has 5 nitrogen and oxygen atoms in total. The van der Waals surface area contributed by atoms with Gasteiger partial charge in [0.1, 0.15) is 0 Å². The summed E-state index contributed by atoms with van der Waals surface area (Å²) in [5.41, 5.74) is 2.31. The summed E-state index contributed by atoms with van der Waals surface area (Å²) in [4.78, 5) is 26.7. The van der Waals surface area contributed by atoms with Gasteiger partial charge in [0, 0.05) is 44.0 Å². The molecule has 0 saturated carbocycles. The van der Waals surface area contributed by atoms with Crippen LogP contribution in [-0.4, -0.2) is 14.1 Å². The number of nitrogens with one attached hydrogen (secondary N) is 1. The molecule has 6 heteroatoms. The molecule has 2 aromatic heterocycles. The van der Waals surface area contributed by atoms with E-state index in [-0.39, 0.29) is 11.1 Å². The van der Waals surface area contributed by atoms with E-state index in [9.17, 15) is 9.59 Å². The Morgan fingerprint density at radius 3 is 2.56 bits per heavy atom. The van der Waals surface area contributed by atoms with E-state index in [1.54, 1.807) is 25.5 Å². The topological polar surface area (TPSA) is 59.8 Å². The maximum absolute atomic E-state index is 12.2.